The van der Waals surface area contributed by atoms with Crippen LogP contribution < -0.4 is 0 Å². The highest BCUT2D eigenvalue weighted by atomic mass is 79.9. The number of hydrogen-bond acceptors (Lipinski definition) is 4. The standard InChI is InChI=1S/C15H17BrO4/c16-13-14(18)11(10-6-12(17)20-15(10)13)8-19-7-9-4-2-1-3-5-9/h1-5,10-11,13-15,18H,6-8H2/t10-,11-,13-,14+,15-/m1/s1. The molecule has 3 rings (SSSR count). The fraction of sp³-hybridized carbons (Fsp3) is 0.533. The first-order valence-electron chi connectivity index (χ1n) is 6.80. The van der Waals surface area contributed by atoms with Crippen LogP contribution in [0.5, 0.6) is 0 Å². The van der Waals surface area contributed by atoms with Crippen LogP contribution in [0.4, 0.5) is 0 Å². The molecule has 1 aliphatic carbocycles. The average Bonchev–Trinajstić information content (AvgIpc) is 2.93. The zero-order chi connectivity index (χ0) is 14.1. The molecule has 1 aliphatic heterocycles. The molecule has 0 spiro atoms. The number of ether oxygens (including phenoxy) is 2. The lowest BCUT2D eigenvalue weighted by Gasteiger charge is -2.19. The van der Waals surface area contributed by atoms with E-state index in [1.807, 2.05) is 30.3 Å². The predicted octanol–water partition coefficient (Wildman–Crippen LogP) is 1.89. The summed E-state index contributed by atoms with van der Waals surface area (Å²) in [5, 5.41) is 10.2. The molecule has 4 nitrogen and oxygen atoms in total. The van der Waals surface area contributed by atoms with Crippen LogP contribution in [0.2, 0.25) is 0 Å². The maximum absolute atomic E-state index is 11.4. The smallest absolute Gasteiger partial charge is 0.306 e. The molecule has 1 saturated carbocycles. The monoisotopic (exact) mass is 340 g/mol. The number of carbonyl (C=O) groups is 1. The molecule has 1 heterocycles. The minimum atomic E-state index is -0.533. The summed E-state index contributed by atoms with van der Waals surface area (Å²) in [4.78, 5) is 11.2. The third kappa shape index (κ3) is 2.62. The third-order valence-corrected chi connectivity index (χ3v) is 5.21. The first kappa shape index (κ1) is 14.0. The number of fused-ring (bicyclic) bond motifs is 1. The molecule has 1 saturated heterocycles. The number of alkyl halides is 1. The summed E-state index contributed by atoms with van der Waals surface area (Å²) < 4.78 is 11.0. The number of benzene rings is 1. The van der Waals surface area contributed by atoms with E-state index in [0.717, 1.165) is 5.56 Å². The molecule has 0 radical (unpaired) electrons. The zero-order valence-electron chi connectivity index (χ0n) is 10.9. The average molecular weight is 341 g/mol. The Hall–Kier alpha value is -0.910. The molecule has 5 atom stereocenters. The van der Waals surface area contributed by atoms with Crippen LogP contribution in [0.1, 0.15) is 12.0 Å². The van der Waals surface area contributed by atoms with Crippen molar-refractivity contribution in [3.63, 3.8) is 0 Å². The van der Waals surface area contributed by atoms with Crippen molar-refractivity contribution in [1.82, 2.24) is 0 Å². The van der Waals surface area contributed by atoms with Crippen molar-refractivity contribution < 1.29 is 19.4 Å². The fourth-order valence-corrected chi connectivity index (χ4v) is 3.98. The van der Waals surface area contributed by atoms with Gasteiger partial charge < -0.3 is 14.6 Å². The fourth-order valence-electron chi connectivity index (χ4n) is 3.09. The molecule has 0 aromatic heterocycles. The molecule has 5 heteroatoms. The van der Waals surface area contributed by atoms with Crippen molar-refractivity contribution in [2.75, 3.05) is 6.61 Å². The summed E-state index contributed by atoms with van der Waals surface area (Å²) in [7, 11) is 0. The van der Waals surface area contributed by atoms with Gasteiger partial charge in [-0.1, -0.05) is 46.3 Å². The second kappa shape index (κ2) is 5.84. The minimum absolute atomic E-state index is 0.0534. The molecule has 0 unspecified atom stereocenters. The minimum Gasteiger partial charge on any atom is -0.461 e. The lowest BCUT2D eigenvalue weighted by molar-refractivity contribution is -0.141. The highest BCUT2D eigenvalue weighted by Gasteiger charge is 2.55. The van der Waals surface area contributed by atoms with E-state index in [0.29, 0.717) is 19.6 Å². The quantitative estimate of drug-likeness (QED) is 0.671. The Labute approximate surface area is 126 Å². The predicted molar refractivity (Wildman–Crippen MR) is 76.3 cm³/mol. The topological polar surface area (TPSA) is 55.8 Å². The van der Waals surface area contributed by atoms with Crippen LogP contribution in [0.25, 0.3) is 0 Å². The van der Waals surface area contributed by atoms with Crippen LogP contribution in [0.3, 0.4) is 0 Å². The van der Waals surface area contributed by atoms with Gasteiger partial charge in [-0.2, -0.15) is 0 Å². The lowest BCUT2D eigenvalue weighted by atomic mass is 9.93. The van der Waals surface area contributed by atoms with Gasteiger partial charge in [-0.05, 0) is 5.56 Å². The van der Waals surface area contributed by atoms with E-state index in [2.05, 4.69) is 15.9 Å². The second-order valence-electron chi connectivity index (χ2n) is 5.42. The molecule has 2 aliphatic rings. The van der Waals surface area contributed by atoms with Crippen molar-refractivity contribution >= 4 is 21.9 Å². The number of halogens is 1. The van der Waals surface area contributed by atoms with Gasteiger partial charge in [0.2, 0.25) is 0 Å². The van der Waals surface area contributed by atoms with Crippen LogP contribution in [0.15, 0.2) is 30.3 Å². The van der Waals surface area contributed by atoms with Crippen molar-refractivity contribution in [3.05, 3.63) is 35.9 Å². The highest BCUT2D eigenvalue weighted by Crippen LogP contribution is 2.44. The maximum Gasteiger partial charge on any atom is 0.306 e. The zero-order valence-corrected chi connectivity index (χ0v) is 12.5. The molecular weight excluding hydrogens is 324 g/mol. The van der Waals surface area contributed by atoms with Gasteiger partial charge in [0, 0.05) is 11.8 Å². The van der Waals surface area contributed by atoms with Gasteiger partial charge in [-0.25, -0.2) is 0 Å². The van der Waals surface area contributed by atoms with Crippen LogP contribution in [-0.4, -0.2) is 34.7 Å². The third-order valence-electron chi connectivity index (χ3n) is 4.14. The molecule has 1 aromatic rings. The van der Waals surface area contributed by atoms with E-state index in [-0.39, 0.29) is 28.7 Å². The Morgan fingerprint density at radius 1 is 1.35 bits per heavy atom. The van der Waals surface area contributed by atoms with Gasteiger partial charge in [0.1, 0.15) is 6.10 Å². The van der Waals surface area contributed by atoms with E-state index in [4.69, 9.17) is 9.47 Å². The Balaban J connectivity index is 1.58. The molecule has 108 valence electrons. The van der Waals surface area contributed by atoms with Gasteiger partial charge in [0.15, 0.2) is 0 Å². The summed E-state index contributed by atoms with van der Waals surface area (Å²) in [6, 6.07) is 9.91. The molecular formula is C15H17BrO4. The largest absolute Gasteiger partial charge is 0.461 e. The molecule has 0 amide bonds. The van der Waals surface area contributed by atoms with Crippen LogP contribution >= 0.6 is 15.9 Å². The Morgan fingerprint density at radius 3 is 2.85 bits per heavy atom. The Bertz CT molecular complexity index is 478. The van der Waals surface area contributed by atoms with E-state index in [9.17, 15) is 9.90 Å². The van der Waals surface area contributed by atoms with Gasteiger partial charge in [0.25, 0.3) is 0 Å². The SMILES string of the molecule is O=C1C[C@@H]2[C@@H](COCc3ccccc3)[C@H](O)[C@@H](Br)[C@@H]2O1. The summed E-state index contributed by atoms with van der Waals surface area (Å²) in [5.41, 5.74) is 1.10. The van der Waals surface area contributed by atoms with Crippen LogP contribution in [0, 0.1) is 11.8 Å². The van der Waals surface area contributed by atoms with E-state index in [1.54, 1.807) is 0 Å². The number of rotatable bonds is 4. The normalized spacial score (nSPS) is 35.9. The number of aliphatic hydroxyl groups is 1. The van der Waals surface area contributed by atoms with Crippen molar-refractivity contribution in [2.24, 2.45) is 11.8 Å². The van der Waals surface area contributed by atoms with E-state index in [1.165, 1.54) is 0 Å². The molecule has 1 N–H and O–H groups in total. The first-order valence-corrected chi connectivity index (χ1v) is 7.71. The summed E-state index contributed by atoms with van der Waals surface area (Å²) >= 11 is 3.43. The maximum atomic E-state index is 11.4. The number of hydrogen-bond donors (Lipinski definition) is 1. The number of esters is 1. The van der Waals surface area contributed by atoms with Crippen molar-refractivity contribution in [1.29, 1.82) is 0 Å². The van der Waals surface area contributed by atoms with Crippen molar-refractivity contribution in [3.8, 4) is 0 Å². The van der Waals surface area contributed by atoms with Gasteiger partial charge in [-0.15, -0.1) is 0 Å². The van der Waals surface area contributed by atoms with E-state index < -0.39 is 6.10 Å². The van der Waals surface area contributed by atoms with Crippen LogP contribution in [-0.2, 0) is 20.9 Å². The lowest BCUT2D eigenvalue weighted by Crippen LogP contribution is -2.29. The number of aliphatic hydroxyl groups excluding tert-OH is 1. The molecule has 1 aromatic carbocycles. The van der Waals surface area contributed by atoms with Gasteiger partial charge in [-0.3, -0.25) is 4.79 Å². The Morgan fingerprint density at radius 2 is 2.10 bits per heavy atom. The summed E-state index contributed by atoms with van der Waals surface area (Å²) in [5.74, 6) is -0.179. The molecule has 2 fully saturated rings. The highest BCUT2D eigenvalue weighted by molar-refractivity contribution is 9.09. The first-order chi connectivity index (χ1) is 9.66. The second-order valence-corrected chi connectivity index (χ2v) is 6.48. The summed E-state index contributed by atoms with van der Waals surface area (Å²) in [6.45, 7) is 0.958. The number of carbonyl (C=O) groups excluding carboxylic acids is 1. The Kier molecular flexibility index (Phi) is 4.10. The van der Waals surface area contributed by atoms with E-state index >= 15 is 0 Å². The van der Waals surface area contributed by atoms with Crippen molar-refractivity contribution in [2.45, 2.75) is 30.1 Å². The molecule has 0 bridgehead atoms. The molecule has 20 heavy (non-hydrogen) atoms. The summed E-state index contributed by atoms with van der Waals surface area (Å²) in [6.07, 6.45) is -0.375. The van der Waals surface area contributed by atoms with Gasteiger partial charge >= 0.3 is 5.97 Å². The van der Waals surface area contributed by atoms with Gasteiger partial charge in [0.05, 0.1) is 30.6 Å².